The molecule has 2 aliphatic heterocycles. The van der Waals surface area contributed by atoms with E-state index in [4.69, 9.17) is 4.74 Å². The van der Waals surface area contributed by atoms with Crippen LogP contribution in [0.5, 0.6) is 5.75 Å². The van der Waals surface area contributed by atoms with Crippen LogP contribution in [0.25, 0.3) is 5.57 Å². The molecule has 0 atom stereocenters. The Bertz CT molecular complexity index is 1330. The first-order chi connectivity index (χ1) is 17.5. The minimum absolute atomic E-state index is 0.0658. The zero-order valence-electron chi connectivity index (χ0n) is 20.3. The number of aromatic nitrogens is 2. The second kappa shape index (κ2) is 10.1. The Hall–Kier alpha value is -4.42. The van der Waals surface area contributed by atoms with E-state index in [1.165, 1.54) is 0 Å². The highest BCUT2D eigenvalue weighted by molar-refractivity contribution is 5.94. The molecule has 2 aliphatic rings. The predicted molar refractivity (Wildman–Crippen MR) is 137 cm³/mol. The number of carbonyl (C=O) groups is 1. The van der Waals surface area contributed by atoms with Gasteiger partial charge < -0.3 is 25.2 Å². The molecule has 9 nitrogen and oxygen atoms in total. The average molecular weight is 482 g/mol. The number of hydrogen-bond donors (Lipinski definition) is 2. The van der Waals surface area contributed by atoms with Crippen LogP contribution < -0.4 is 15.4 Å². The van der Waals surface area contributed by atoms with E-state index in [1.807, 2.05) is 60.4 Å². The number of ether oxygens (including phenoxy) is 1. The number of rotatable bonds is 5. The fraction of sp³-hybridized carbons (Fsp3) is 0.259. The molecule has 36 heavy (non-hydrogen) atoms. The van der Waals surface area contributed by atoms with Gasteiger partial charge in [0.05, 0.1) is 11.4 Å². The molecule has 3 heterocycles. The van der Waals surface area contributed by atoms with Crippen molar-refractivity contribution in [3.63, 3.8) is 0 Å². The number of anilines is 2. The van der Waals surface area contributed by atoms with Crippen molar-refractivity contribution in [3.05, 3.63) is 83.0 Å². The number of nitriles is 1. The lowest BCUT2D eigenvalue weighted by Crippen LogP contribution is -2.47. The Balaban J connectivity index is 1.27. The zero-order valence-corrected chi connectivity index (χ0v) is 20.3. The highest BCUT2D eigenvalue weighted by Gasteiger charge is 2.23. The number of likely N-dealkylation sites (N-methyl/N-ethyl adjacent to an activating group) is 1. The lowest BCUT2D eigenvalue weighted by Gasteiger charge is -2.32. The number of hydrogen-bond acceptors (Lipinski definition) is 8. The summed E-state index contributed by atoms with van der Waals surface area (Å²) in [6.07, 6.45) is 1.68. The lowest BCUT2D eigenvalue weighted by atomic mass is 10.1. The Morgan fingerprint density at radius 2 is 1.89 bits per heavy atom. The average Bonchev–Trinajstić information content (AvgIpc) is 3.33. The van der Waals surface area contributed by atoms with E-state index in [2.05, 4.69) is 38.6 Å². The summed E-state index contributed by atoms with van der Waals surface area (Å²) < 4.78 is 5.85. The quantitative estimate of drug-likeness (QED) is 0.534. The van der Waals surface area contributed by atoms with Crippen molar-refractivity contribution in [2.24, 2.45) is 0 Å². The van der Waals surface area contributed by atoms with Crippen molar-refractivity contribution in [1.82, 2.24) is 19.8 Å². The smallest absolute Gasteiger partial charge is 0.253 e. The van der Waals surface area contributed by atoms with Gasteiger partial charge in [-0.15, -0.1) is 0 Å². The molecule has 1 amide bonds. The van der Waals surface area contributed by atoms with E-state index in [0.29, 0.717) is 41.0 Å². The molecule has 1 fully saturated rings. The summed E-state index contributed by atoms with van der Waals surface area (Å²) in [7, 11) is 2.07. The third-order valence-electron chi connectivity index (χ3n) is 6.34. The lowest BCUT2D eigenvalue weighted by molar-refractivity contribution is 0.0664. The number of allylic oxidation sites excluding steroid dienone is 1. The maximum atomic E-state index is 12.8. The number of nitrogens with one attached hydrogen (secondary N) is 2. The highest BCUT2D eigenvalue weighted by atomic mass is 16.5. The zero-order chi connectivity index (χ0) is 25.1. The number of nitrogens with zero attached hydrogens (tertiary/aromatic N) is 5. The van der Waals surface area contributed by atoms with Crippen LogP contribution in [0.15, 0.2) is 60.6 Å². The number of para-hydroxylation sites is 2. The number of benzene rings is 2. The van der Waals surface area contributed by atoms with Gasteiger partial charge >= 0.3 is 0 Å². The summed E-state index contributed by atoms with van der Waals surface area (Å²) in [6.45, 7) is 5.62. The van der Waals surface area contributed by atoms with Gasteiger partial charge in [0, 0.05) is 44.5 Å². The molecule has 0 spiro atoms. The minimum atomic E-state index is 0.0658. The van der Waals surface area contributed by atoms with E-state index in [0.717, 1.165) is 43.0 Å². The maximum Gasteiger partial charge on any atom is 0.253 e. The van der Waals surface area contributed by atoms with Gasteiger partial charge in [0.1, 0.15) is 11.6 Å². The summed E-state index contributed by atoms with van der Waals surface area (Å²) >= 11 is 0. The van der Waals surface area contributed by atoms with Crippen molar-refractivity contribution >= 4 is 23.1 Å². The van der Waals surface area contributed by atoms with E-state index in [1.54, 1.807) is 6.20 Å². The second-order valence-electron chi connectivity index (χ2n) is 8.91. The standard InChI is InChI=1S/C27H27N7O2/c1-18-16-29-27(32-24(18)21(15-28)25-31-22-5-3-4-6-23(22)36-25)30-17-19-7-9-20(10-8-19)26(35)34-13-11-33(2)12-14-34/h3-10,16,31H,11-14,17H2,1-2H3,(H,29,30,32)/b25-21-. The van der Waals surface area contributed by atoms with Gasteiger partial charge in [0.2, 0.25) is 11.8 Å². The first-order valence-electron chi connectivity index (χ1n) is 11.8. The third kappa shape index (κ3) is 4.85. The molecule has 3 aromatic rings. The third-order valence-corrected chi connectivity index (χ3v) is 6.34. The number of fused-ring (bicyclic) bond motifs is 1. The van der Waals surface area contributed by atoms with E-state index in [-0.39, 0.29) is 5.91 Å². The Kier molecular flexibility index (Phi) is 6.52. The first-order valence-corrected chi connectivity index (χ1v) is 11.8. The summed E-state index contributed by atoms with van der Waals surface area (Å²) in [5, 5.41) is 16.2. The first kappa shape index (κ1) is 23.3. The SMILES string of the molecule is Cc1cnc(NCc2ccc(C(=O)N3CCN(C)CC3)cc2)nc1/C(C#N)=C1/Nc2ccccc2O1. The molecule has 0 unspecified atom stereocenters. The van der Waals surface area contributed by atoms with Gasteiger partial charge in [-0.25, -0.2) is 9.97 Å². The van der Waals surface area contributed by atoms with Crippen LogP contribution in [-0.4, -0.2) is 58.9 Å². The van der Waals surface area contributed by atoms with E-state index < -0.39 is 0 Å². The molecule has 0 bridgehead atoms. The molecule has 0 aliphatic carbocycles. The molecule has 0 saturated carbocycles. The normalized spacial score (nSPS) is 16.4. The van der Waals surface area contributed by atoms with Crippen LogP contribution in [0.3, 0.4) is 0 Å². The van der Waals surface area contributed by atoms with Crippen molar-refractivity contribution in [2.45, 2.75) is 13.5 Å². The monoisotopic (exact) mass is 481 g/mol. The molecule has 1 aromatic heterocycles. The number of carbonyl (C=O) groups excluding carboxylic acids is 1. The predicted octanol–water partition coefficient (Wildman–Crippen LogP) is 3.48. The van der Waals surface area contributed by atoms with Crippen LogP contribution in [0.1, 0.15) is 27.2 Å². The van der Waals surface area contributed by atoms with Crippen molar-refractivity contribution in [2.75, 3.05) is 43.9 Å². The summed E-state index contributed by atoms with van der Waals surface area (Å²) in [5.41, 5.74) is 4.05. The van der Waals surface area contributed by atoms with Crippen LogP contribution >= 0.6 is 0 Å². The largest absolute Gasteiger partial charge is 0.437 e. The van der Waals surface area contributed by atoms with E-state index in [9.17, 15) is 10.1 Å². The van der Waals surface area contributed by atoms with Crippen molar-refractivity contribution in [3.8, 4) is 11.8 Å². The fourth-order valence-electron chi connectivity index (χ4n) is 4.16. The molecule has 5 rings (SSSR count). The number of aryl methyl sites for hydroxylation is 1. The summed E-state index contributed by atoms with van der Waals surface area (Å²) in [4.78, 5) is 25.9. The number of piperazine rings is 1. The Morgan fingerprint density at radius 1 is 1.14 bits per heavy atom. The van der Waals surface area contributed by atoms with Gasteiger partial charge in [-0.2, -0.15) is 5.26 Å². The van der Waals surface area contributed by atoms with Gasteiger partial charge in [0.15, 0.2) is 5.75 Å². The fourth-order valence-corrected chi connectivity index (χ4v) is 4.16. The molecule has 2 N–H and O–H groups in total. The molecular weight excluding hydrogens is 454 g/mol. The second-order valence-corrected chi connectivity index (χ2v) is 8.91. The maximum absolute atomic E-state index is 12.8. The molecule has 0 radical (unpaired) electrons. The molecule has 9 heteroatoms. The topological polar surface area (TPSA) is 106 Å². The number of amides is 1. The summed E-state index contributed by atoms with van der Waals surface area (Å²) in [6, 6.07) is 17.3. The van der Waals surface area contributed by atoms with Gasteiger partial charge in [-0.1, -0.05) is 24.3 Å². The van der Waals surface area contributed by atoms with Gasteiger partial charge in [0.25, 0.3) is 5.91 Å². The van der Waals surface area contributed by atoms with Gasteiger partial charge in [-0.05, 0) is 49.4 Å². The van der Waals surface area contributed by atoms with Crippen LogP contribution in [0.2, 0.25) is 0 Å². The summed E-state index contributed by atoms with van der Waals surface area (Å²) in [5.74, 6) is 1.49. The highest BCUT2D eigenvalue weighted by Crippen LogP contribution is 2.35. The van der Waals surface area contributed by atoms with Crippen LogP contribution in [0, 0.1) is 18.3 Å². The van der Waals surface area contributed by atoms with Crippen molar-refractivity contribution < 1.29 is 9.53 Å². The minimum Gasteiger partial charge on any atom is -0.437 e. The molecule has 182 valence electrons. The van der Waals surface area contributed by atoms with Crippen molar-refractivity contribution in [1.29, 1.82) is 5.26 Å². The Labute approximate surface area is 210 Å². The molecular formula is C27H27N7O2. The van der Waals surface area contributed by atoms with Crippen LogP contribution in [0.4, 0.5) is 11.6 Å². The van der Waals surface area contributed by atoms with Gasteiger partial charge in [-0.3, -0.25) is 4.79 Å². The molecule has 2 aromatic carbocycles. The van der Waals surface area contributed by atoms with Crippen LogP contribution in [-0.2, 0) is 6.54 Å². The van der Waals surface area contributed by atoms with E-state index >= 15 is 0 Å². The molecule has 1 saturated heterocycles. The Morgan fingerprint density at radius 3 is 2.61 bits per heavy atom.